The van der Waals surface area contributed by atoms with Crippen LogP contribution < -0.4 is 5.73 Å². The number of nitrogens with zero attached hydrogens (tertiary/aromatic N) is 2. The second-order valence-electron chi connectivity index (χ2n) is 2.71. The van der Waals surface area contributed by atoms with Gasteiger partial charge in [-0.2, -0.15) is 0 Å². The second-order valence-corrected chi connectivity index (χ2v) is 2.71. The Morgan fingerprint density at radius 2 is 1.69 bits per heavy atom. The molecule has 0 spiro atoms. The number of nitrogen functional groups attached to an aromatic ring is 1. The zero-order valence-corrected chi connectivity index (χ0v) is 7.01. The normalized spacial score (nSPS) is 20.9. The van der Waals surface area contributed by atoms with Crippen molar-refractivity contribution < 1.29 is 0 Å². The van der Waals surface area contributed by atoms with Crippen LogP contribution in [0.2, 0.25) is 0 Å². The SMILES string of the molecule is Nc1cc2c(nn1)\C=C/C=C\C=C/2. The van der Waals surface area contributed by atoms with E-state index in [4.69, 9.17) is 5.73 Å². The van der Waals surface area contributed by atoms with E-state index in [1.807, 2.05) is 42.5 Å². The first-order chi connectivity index (χ1) is 6.36. The summed E-state index contributed by atoms with van der Waals surface area (Å²) in [5, 5.41) is 7.76. The molecule has 0 fully saturated rings. The first-order valence-corrected chi connectivity index (χ1v) is 4.01. The molecule has 0 saturated heterocycles. The van der Waals surface area contributed by atoms with Gasteiger partial charge in [0.15, 0.2) is 0 Å². The van der Waals surface area contributed by atoms with Crippen LogP contribution in [0, 0.1) is 0 Å². The summed E-state index contributed by atoms with van der Waals surface area (Å²) < 4.78 is 0. The van der Waals surface area contributed by atoms with Gasteiger partial charge in [0.1, 0.15) is 5.82 Å². The van der Waals surface area contributed by atoms with E-state index < -0.39 is 0 Å². The van der Waals surface area contributed by atoms with Gasteiger partial charge in [-0.25, -0.2) is 0 Å². The molecule has 64 valence electrons. The maximum atomic E-state index is 5.52. The minimum Gasteiger partial charge on any atom is -0.382 e. The highest BCUT2D eigenvalue weighted by Gasteiger charge is 1.99. The monoisotopic (exact) mass is 171 g/mol. The van der Waals surface area contributed by atoms with Gasteiger partial charge in [0.2, 0.25) is 0 Å². The summed E-state index contributed by atoms with van der Waals surface area (Å²) in [5.74, 6) is 0.446. The van der Waals surface area contributed by atoms with Gasteiger partial charge in [0, 0.05) is 5.56 Å². The van der Waals surface area contributed by atoms with Crippen LogP contribution in [0.5, 0.6) is 0 Å². The molecule has 1 heterocycles. The maximum absolute atomic E-state index is 5.52. The van der Waals surface area contributed by atoms with Gasteiger partial charge in [-0.1, -0.05) is 30.4 Å². The highest BCUT2D eigenvalue weighted by atomic mass is 15.1. The van der Waals surface area contributed by atoms with E-state index in [1.54, 1.807) is 0 Å². The third-order valence-corrected chi connectivity index (χ3v) is 1.74. The van der Waals surface area contributed by atoms with E-state index >= 15 is 0 Å². The molecule has 1 aliphatic carbocycles. The molecule has 1 aromatic heterocycles. The standard InChI is InChI=1S/C10H9N3/c11-10-7-8-5-3-1-2-4-6-9(8)12-13-10/h1-7H,(H2,11,13)/b2-1-,3-1?,4-2?,5-3-,6-4-,8-5?,9-6?. The van der Waals surface area contributed by atoms with Gasteiger partial charge in [0.05, 0.1) is 5.69 Å². The summed E-state index contributed by atoms with van der Waals surface area (Å²) in [6.07, 6.45) is 11.6. The Kier molecular flexibility index (Phi) is 1.92. The molecule has 2 rings (SSSR count). The fourth-order valence-electron chi connectivity index (χ4n) is 1.13. The van der Waals surface area contributed by atoms with Crippen LogP contribution in [0.3, 0.4) is 0 Å². The van der Waals surface area contributed by atoms with Crippen LogP contribution in [0.4, 0.5) is 5.82 Å². The number of rotatable bonds is 0. The fraction of sp³-hybridized carbons (Fsp3) is 0. The zero-order chi connectivity index (χ0) is 9.10. The van der Waals surface area contributed by atoms with Crippen LogP contribution in [0.25, 0.3) is 12.2 Å². The Morgan fingerprint density at radius 1 is 0.923 bits per heavy atom. The summed E-state index contributed by atoms with van der Waals surface area (Å²) in [5.41, 5.74) is 7.36. The number of fused-ring (bicyclic) bond motifs is 1. The number of anilines is 1. The molecule has 1 aliphatic rings. The third kappa shape index (κ3) is 1.64. The van der Waals surface area contributed by atoms with Crippen LogP contribution in [-0.2, 0) is 0 Å². The van der Waals surface area contributed by atoms with E-state index in [0.717, 1.165) is 11.3 Å². The summed E-state index contributed by atoms with van der Waals surface area (Å²) in [7, 11) is 0. The Morgan fingerprint density at radius 3 is 2.54 bits per heavy atom. The van der Waals surface area contributed by atoms with Crippen molar-refractivity contribution in [1.82, 2.24) is 10.2 Å². The summed E-state index contributed by atoms with van der Waals surface area (Å²) >= 11 is 0. The molecule has 0 unspecified atom stereocenters. The maximum Gasteiger partial charge on any atom is 0.146 e. The van der Waals surface area contributed by atoms with Crippen molar-refractivity contribution in [3.8, 4) is 0 Å². The average molecular weight is 171 g/mol. The van der Waals surface area contributed by atoms with Crippen LogP contribution in [0.15, 0.2) is 30.4 Å². The first kappa shape index (κ1) is 7.73. The molecule has 13 heavy (non-hydrogen) atoms. The third-order valence-electron chi connectivity index (χ3n) is 1.74. The largest absolute Gasteiger partial charge is 0.382 e. The summed E-state index contributed by atoms with van der Waals surface area (Å²) in [6.45, 7) is 0. The van der Waals surface area contributed by atoms with Crippen LogP contribution >= 0.6 is 0 Å². The topological polar surface area (TPSA) is 51.8 Å². The molecular formula is C10H9N3. The molecule has 3 heteroatoms. The lowest BCUT2D eigenvalue weighted by Crippen LogP contribution is -1.97. The Hall–Kier alpha value is -1.90. The summed E-state index contributed by atoms with van der Waals surface area (Å²) in [6, 6.07) is 1.81. The van der Waals surface area contributed by atoms with Gasteiger partial charge >= 0.3 is 0 Å². The highest BCUT2D eigenvalue weighted by molar-refractivity contribution is 5.66. The lowest BCUT2D eigenvalue weighted by atomic mass is 10.1. The molecular weight excluding hydrogens is 162 g/mol. The summed E-state index contributed by atoms with van der Waals surface area (Å²) in [4.78, 5) is 0. The van der Waals surface area contributed by atoms with Crippen LogP contribution in [-0.4, -0.2) is 10.2 Å². The number of allylic oxidation sites excluding steroid dienone is 4. The molecule has 0 radical (unpaired) electrons. The Labute approximate surface area is 76.3 Å². The van der Waals surface area contributed by atoms with Crippen molar-refractivity contribution in [2.45, 2.75) is 0 Å². The van der Waals surface area contributed by atoms with Gasteiger partial charge in [0.25, 0.3) is 0 Å². The molecule has 0 saturated carbocycles. The fourth-order valence-corrected chi connectivity index (χ4v) is 1.13. The Bertz CT molecular complexity index is 403. The minimum absolute atomic E-state index is 0.446. The highest BCUT2D eigenvalue weighted by Crippen LogP contribution is 2.13. The quantitative estimate of drug-likeness (QED) is 0.645. The van der Waals surface area contributed by atoms with Gasteiger partial charge < -0.3 is 5.73 Å². The molecule has 3 nitrogen and oxygen atoms in total. The Balaban J connectivity index is 2.56. The molecule has 0 amide bonds. The van der Waals surface area contributed by atoms with Crippen molar-refractivity contribution >= 4 is 18.0 Å². The lowest BCUT2D eigenvalue weighted by molar-refractivity contribution is 1.02. The van der Waals surface area contributed by atoms with Crippen molar-refractivity contribution in [3.05, 3.63) is 41.6 Å². The van der Waals surface area contributed by atoms with E-state index in [0.29, 0.717) is 5.82 Å². The molecule has 0 aromatic carbocycles. The van der Waals surface area contributed by atoms with E-state index in [2.05, 4.69) is 10.2 Å². The second kappa shape index (κ2) is 3.23. The first-order valence-electron chi connectivity index (χ1n) is 4.01. The number of hydrogen-bond donors (Lipinski definition) is 1. The van der Waals surface area contributed by atoms with Gasteiger partial charge in [-0.15, -0.1) is 10.2 Å². The van der Waals surface area contributed by atoms with Crippen molar-refractivity contribution in [3.63, 3.8) is 0 Å². The predicted octanol–water partition coefficient (Wildman–Crippen LogP) is 1.66. The number of nitrogens with two attached hydrogens (primary N) is 1. The molecule has 2 N–H and O–H groups in total. The van der Waals surface area contributed by atoms with Crippen LogP contribution in [0.1, 0.15) is 11.3 Å². The van der Waals surface area contributed by atoms with E-state index in [9.17, 15) is 0 Å². The van der Waals surface area contributed by atoms with Crippen molar-refractivity contribution in [2.24, 2.45) is 0 Å². The van der Waals surface area contributed by atoms with Gasteiger partial charge in [-0.3, -0.25) is 0 Å². The molecule has 0 atom stereocenters. The smallest absolute Gasteiger partial charge is 0.146 e. The molecule has 1 aromatic rings. The number of hydrogen-bond acceptors (Lipinski definition) is 3. The molecule has 0 bridgehead atoms. The lowest BCUT2D eigenvalue weighted by Gasteiger charge is -2.00. The minimum atomic E-state index is 0.446. The zero-order valence-electron chi connectivity index (χ0n) is 7.01. The van der Waals surface area contributed by atoms with Crippen molar-refractivity contribution in [2.75, 3.05) is 5.73 Å². The van der Waals surface area contributed by atoms with Gasteiger partial charge in [-0.05, 0) is 12.1 Å². The number of aromatic nitrogens is 2. The predicted molar refractivity (Wildman–Crippen MR) is 53.7 cm³/mol. The average Bonchev–Trinajstić information content (AvgIpc) is 2.08. The van der Waals surface area contributed by atoms with Crippen molar-refractivity contribution in [1.29, 1.82) is 0 Å². The van der Waals surface area contributed by atoms with E-state index in [-0.39, 0.29) is 0 Å². The molecule has 0 aliphatic heterocycles. The van der Waals surface area contributed by atoms with E-state index in [1.165, 1.54) is 0 Å².